The quantitative estimate of drug-likeness (QED) is 0.788. The van der Waals surface area contributed by atoms with E-state index in [1.807, 2.05) is 6.92 Å². The second kappa shape index (κ2) is 5.26. The van der Waals surface area contributed by atoms with E-state index in [9.17, 15) is 9.18 Å². The topological polar surface area (TPSA) is 26.3 Å². The van der Waals surface area contributed by atoms with Crippen LogP contribution in [0.5, 0.6) is 5.75 Å². The molecule has 0 saturated carbocycles. The predicted molar refractivity (Wildman–Crippen MR) is 59.9 cm³/mol. The summed E-state index contributed by atoms with van der Waals surface area (Å²) in [5, 5.41) is 0. The lowest BCUT2D eigenvalue weighted by Crippen LogP contribution is -2.05. The summed E-state index contributed by atoms with van der Waals surface area (Å²) in [4.78, 5) is 10.7. The fourth-order valence-corrected chi connectivity index (χ4v) is 1.58. The maximum absolute atomic E-state index is 13.0. The van der Waals surface area contributed by atoms with E-state index < -0.39 is 4.83 Å². The van der Waals surface area contributed by atoms with Crippen molar-refractivity contribution in [1.29, 1.82) is 0 Å². The Kier molecular flexibility index (Phi) is 4.27. The van der Waals surface area contributed by atoms with Crippen molar-refractivity contribution in [3.05, 3.63) is 29.6 Å². The predicted octanol–water partition coefficient (Wildman–Crippen LogP) is 3.25. The molecule has 0 aliphatic carbocycles. The number of carbonyl (C=O) groups excluding carboxylic acids is 1. The van der Waals surface area contributed by atoms with Gasteiger partial charge in [0.25, 0.3) is 0 Å². The van der Waals surface area contributed by atoms with Crippen molar-refractivity contribution >= 4 is 21.7 Å². The summed E-state index contributed by atoms with van der Waals surface area (Å²) in [6.45, 7) is 3.76. The summed E-state index contributed by atoms with van der Waals surface area (Å²) < 4.78 is 18.3. The third kappa shape index (κ3) is 3.02. The Morgan fingerprint density at radius 1 is 1.60 bits per heavy atom. The molecule has 4 heteroatoms. The number of alkyl halides is 1. The van der Waals surface area contributed by atoms with E-state index in [0.717, 1.165) is 0 Å². The van der Waals surface area contributed by atoms with Crippen LogP contribution in [0.1, 0.15) is 24.2 Å². The lowest BCUT2D eigenvalue weighted by Gasteiger charge is -2.13. The van der Waals surface area contributed by atoms with Crippen LogP contribution in [-0.4, -0.2) is 12.4 Å². The molecule has 0 spiro atoms. The van der Waals surface area contributed by atoms with Crippen molar-refractivity contribution < 1.29 is 13.9 Å². The van der Waals surface area contributed by atoms with Gasteiger partial charge in [-0.3, -0.25) is 4.79 Å². The minimum absolute atomic E-state index is 0.0819. The van der Waals surface area contributed by atoms with Crippen LogP contribution in [-0.2, 0) is 4.79 Å². The highest BCUT2D eigenvalue weighted by atomic mass is 79.9. The lowest BCUT2D eigenvalue weighted by molar-refractivity contribution is -0.116. The Hall–Kier alpha value is -0.900. The second-order valence-corrected chi connectivity index (χ2v) is 4.00. The molecule has 1 unspecified atom stereocenters. The second-order valence-electron chi connectivity index (χ2n) is 3.09. The molecule has 2 nitrogen and oxygen atoms in total. The van der Waals surface area contributed by atoms with Gasteiger partial charge in [-0.15, -0.1) is 0 Å². The standard InChI is InChI=1S/C11H12BrFO2/c1-3-15-10-5-4-8(13)6-9(10)11(12)7(2)14/h4-6,11H,3H2,1-2H3. The Morgan fingerprint density at radius 3 is 2.80 bits per heavy atom. The highest BCUT2D eigenvalue weighted by molar-refractivity contribution is 9.09. The number of ether oxygens (including phenoxy) is 1. The van der Waals surface area contributed by atoms with Gasteiger partial charge < -0.3 is 4.74 Å². The molecule has 0 fully saturated rings. The normalized spacial score (nSPS) is 12.3. The monoisotopic (exact) mass is 274 g/mol. The molecular weight excluding hydrogens is 263 g/mol. The van der Waals surface area contributed by atoms with Crippen LogP contribution in [0.2, 0.25) is 0 Å². The first-order valence-corrected chi connectivity index (χ1v) is 5.54. The van der Waals surface area contributed by atoms with Gasteiger partial charge in [-0.1, -0.05) is 15.9 Å². The van der Waals surface area contributed by atoms with Crippen molar-refractivity contribution in [2.45, 2.75) is 18.7 Å². The molecule has 0 amide bonds. The Labute approximate surface area is 96.6 Å². The van der Waals surface area contributed by atoms with Crippen LogP contribution in [0.4, 0.5) is 4.39 Å². The number of halogens is 2. The number of carbonyl (C=O) groups is 1. The minimum atomic E-state index is -0.519. The Morgan fingerprint density at radius 2 is 2.27 bits per heavy atom. The van der Waals surface area contributed by atoms with Gasteiger partial charge >= 0.3 is 0 Å². The minimum Gasteiger partial charge on any atom is -0.494 e. The molecule has 1 aromatic carbocycles. The van der Waals surface area contributed by atoms with Crippen LogP contribution in [0.25, 0.3) is 0 Å². The third-order valence-electron chi connectivity index (χ3n) is 1.90. The zero-order chi connectivity index (χ0) is 11.4. The van der Waals surface area contributed by atoms with Crippen LogP contribution in [0, 0.1) is 5.82 Å². The van der Waals surface area contributed by atoms with E-state index in [-0.39, 0.29) is 11.6 Å². The third-order valence-corrected chi connectivity index (χ3v) is 3.04. The zero-order valence-corrected chi connectivity index (χ0v) is 10.2. The van der Waals surface area contributed by atoms with Crippen molar-refractivity contribution in [2.24, 2.45) is 0 Å². The van der Waals surface area contributed by atoms with Crippen LogP contribution >= 0.6 is 15.9 Å². The van der Waals surface area contributed by atoms with Crippen molar-refractivity contribution in [3.63, 3.8) is 0 Å². The van der Waals surface area contributed by atoms with Crippen LogP contribution in [0.15, 0.2) is 18.2 Å². The average molecular weight is 275 g/mol. The Balaban J connectivity index is 3.11. The van der Waals surface area contributed by atoms with Crippen molar-refractivity contribution in [1.82, 2.24) is 0 Å². The summed E-state index contributed by atoms with van der Waals surface area (Å²) in [5.74, 6) is 0.0803. The van der Waals surface area contributed by atoms with Crippen LogP contribution in [0.3, 0.4) is 0 Å². The molecule has 15 heavy (non-hydrogen) atoms. The highest BCUT2D eigenvalue weighted by Gasteiger charge is 2.18. The molecule has 0 radical (unpaired) electrons. The highest BCUT2D eigenvalue weighted by Crippen LogP contribution is 2.32. The fraction of sp³-hybridized carbons (Fsp3) is 0.364. The van der Waals surface area contributed by atoms with Crippen LogP contribution < -0.4 is 4.74 Å². The van der Waals surface area contributed by atoms with E-state index in [1.54, 1.807) is 0 Å². The summed E-state index contributed by atoms with van der Waals surface area (Å²) in [6.07, 6.45) is 0. The first-order valence-electron chi connectivity index (χ1n) is 4.63. The molecule has 1 aromatic rings. The van der Waals surface area contributed by atoms with Gasteiger partial charge in [0.15, 0.2) is 0 Å². The van der Waals surface area contributed by atoms with E-state index in [4.69, 9.17) is 4.74 Å². The van der Waals surface area contributed by atoms with E-state index in [2.05, 4.69) is 15.9 Å². The van der Waals surface area contributed by atoms with Gasteiger partial charge in [0.2, 0.25) is 0 Å². The maximum atomic E-state index is 13.0. The summed E-state index contributed by atoms with van der Waals surface area (Å²) in [5.41, 5.74) is 0.532. The number of hydrogen-bond donors (Lipinski definition) is 0. The lowest BCUT2D eigenvalue weighted by atomic mass is 10.1. The summed E-state index contributed by atoms with van der Waals surface area (Å²) >= 11 is 3.21. The average Bonchev–Trinajstić information content (AvgIpc) is 2.20. The molecule has 0 saturated heterocycles. The molecule has 0 heterocycles. The molecule has 0 aliphatic rings. The van der Waals surface area contributed by atoms with E-state index >= 15 is 0 Å². The molecule has 0 aromatic heterocycles. The van der Waals surface area contributed by atoms with Gasteiger partial charge in [-0.25, -0.2) is 4.39 Å². The van der Waals surface area contributed by atoms with Crippen molar-refractivity contribution in [3.8, 4) is 5.75 Å². The number of hydrogen-bond acceptors (Lipinski definition) is 2. The van der Waals surface area contributed by atoms with Gasteiger partial charge in [0.1, 0.15) is 22.2 Å². The van der Waals surface area contributed by atoms with Gasteiger partial charge in [0, 0.05) is 5.56 Å². The largest absolute Gasteiger partial charge is 0.494 e. The SMILES string of the molecule is CCOc1ccc(F)cc1C(Br)C(C)=O. The first-order chi connectivity index (χ1) is 7.06. The molecule has 0 bridgehead atoms. The van der Waals surface area contributed by atoms with E-state index in [0.29, 0.717) is 17.9 Å². The smallest absolute Gasteiger partial charge is 0.147 e. The fourth-order valence-electron chi connectivity index (χ4n) is 1.22. The molecule has 1 rings (SSSR count). The molecular formula is C11H12BrFO2. The number of benzene rings is 1. The van der Waals surface area contributed by atoms with Gasteiger partial charge in [-0.2, -0.15) is 0 Å². The number of ketones is 1. The van der Waals surface area contributed by atoms with Crippen molar-refractivity contribution in [2.75, 3.05) is 6.61 Å². The first kappa shape index (κ1) is 12.2. The maximum Gasteiger partial charge on any atom is 0.147 e. The Bertz CT molecular complexity index is 366. The summed E-state index contributed by atoms with van der Waals surface area (Å²) in [7, 11) is 0. The number of rotatable bonds is 4. The molecule has 0 aliphatic heterocycles. The number of Topliss-reactive ketones (excluding diaryl/α,β-unsaturated/α-hetero) is 1. The molecule has 0 N–H and O–H groups in total. The zero-order valence-electron chi connectivity index (χ0n) is 8.59. The van der Waals surface area contributed by atoms with Gasteiger partial charge in [0.05, 0.1) is 6.61 Å². The van der Waals surface area contributed by atoms with E-state index in [1.165, 1.54) is 25.1 Å². The molecule has 82 valence electrons. The molecule has 1 atom stereocenters. The summed E-state index contributed by atoms with van der Waals surface area (Å²) in [6, 6.07) is 4.16. The van der Waals surface area contributed by atoms with Gasteiger partial charge in [-0.05, 0) is 32.0 Å².